The Hall–Kier alpha value is -0.590. The fourth-order valence-electron chi connectivity index (χ4n) is 6.06. The van der Waals surface area contributed by atoms with E-state index in [1.54, 1.807) is 11.8 Å². The Balaban J connectivity index is 1.82. The second kappa shape index (κ2) is 8.19. The number of hydrogen-bond acceptors (Lipinski definition) is 6. The highest BCUT2D eigenvalue weighted by Gasteiger charge is 2.63. The lowest BCUT2D eigenvalue weighted by molar-refractivity contribution is -0.207. The minimum absolute atomic E-state index is 0.0557. The molecule has 1 heterocycles. The molecule has 2 saturated carbocycles. The largest absolute Gasteiger partial charge is 0.466 e. The van der Waals surface area contributed by atoms with Crippen LogP contribution in [0.25, 0.3) is 0 Å². The van der Waals surface area contributed by atoms with Gasteiger partial charge in [0, 0.05) is 37.8 Å². The van der Waals surface area contributed by atoms with Gasteiger partial charge in [-0.2, -0.15) is 0 Å². The highest BCUT2D eigenvalue weighted by atomic mass is 32.2. The van der Waals surface area contributed by atoms with Gasteiger partial charge in [-0.05, 0) is 50.8 Å². The molecule has 0 amide bonds. The van der Waals surface area contributed by atoms with Gasteiger partial charge in [0.05, 0.1) is 18.1 Å². The first-order valence-electron chi connectivity index (χ1n) is 9.95. The minimum atomic E-state index is -0.273. The molecule has 2 bridgehead atoms. The van der Waals surface area contributed by atoms with E-state index < -0.39 is 0 Å². The van der Waals surface area contributed by atoms with Gasteiger partial charge in [0.25, 0.3) is 0 Å². The third-order valence-electron chi connectivity index (χ3n) is 6.57. The van der Waals surface area contributed by atoms with E-state index in [9.17, 15) is 9.59 Å². The molecule has 0 spiro atoms. The molecular formula is C20H33NO4S. The number of carbonyl (C=O) groups is 2. The number of Topliss-reactive ketones (excluding diaryl/α,β-unsaturated/α-hetero) is 1. The van der Waals surface area contributed by atoms with Gasteiger partial charge >= 0.3 is 5.97 Å². The summed E-state index contributed by atoms with van der Waals surface area (Å²) in [5.74, 6) is 1.82. The van der Waals surface area contributed by atoms with Crippen molar-refractivity contribution >= 4 is 23.5 Å². The molecule has 1 saturated heterocycles. The van der Waals surface area contributed by atoms with Gasteiger partial charge in [0.1, 0.15) is 5.78 Å². The van der Waals surface area contributed by atoms with Crippen LogP contribution in [0.5, 0.6) is 0 Å². The maximum atomic E-state index is 12.8. The number of likely N-dealkylation sites (tertiary alicyclic amines) is 1. The quantitative estimate of drug-likeness (QED) is 0.382. The third kappa shape index (κ3) is 3.83. The Morgan fingerprint density at radius 3 is 2.88 bits per heavy atom. The molecular weight excluding hydrogens is 350 g/mol. The van der Waals surface area contributed by atoms with E-state index in [-0.39, 0.29) is 17.1 Å². The maximum absolute atomic E-state index is 12.8. The molecule has 0 aromatic rings. The van der Waals surface area contributed by atoms with Crippen LogP contribution in [0.1, 0.15) is 58.8 Å². The molecule has 0 radical (unpaired) electrons. The number of hydrogen-bond donors (Lipinski definition) is 0. The number of thioether (sulfide) groups is 1. The Kier molecular flexibility index (Phi) is 6.35. The van der Waals surface area contributed by atoms with Crippen molar-refractivity contribution in [2.45, 2.75) is 69.9 Å². The van der Waals surface area contributed by atoms with Crippen molar-refractivity contribution in [3.63, 3.8) is 0 Å². The van der Waals surface area contributed by atoms with E-state index in [2.05, 4.69) is 18.1 Å². The lowest BCUT2D eigenvalue weighted by atomic mass is 9.51. The first-order chi connectivity index (χ1) is 12.4. The molecule has 3 rings (SSSR count). The summed E-state index contributed by atoms with van der Waals surface area (Å²) in [5.41, 5.74) is -0.329. The molecule has 3 fully saturated rings. The summed E-state index contributed by atoms with van der Waals surface area (Å²) in [7, 11) is 0. The molecule has 0 N–H and O–H groups in total. The Morgan fingerprint density at radius 2 is 2.15 bits per heavy atom. The third-order valence-corrected chi connectivity index (χ3v) is 6.93. The molecule has 5 nitrogen and oxygen atoms in total. The lowest BCUT2D eigenvalue weighted by Gasteiger charge is -2.65. The molecule has 2 aliphatic carbocycles. The van der Waals surface area contributed by atoms with Crippen LogP contribution in [0.2, 0.25) is 0 Å². The van der Waals surface area contributed by atoms with Crippen LogP contribution >= 0.6 is 11.8 Å². The van der Waals surface area contributed by atoms with Gasteiger partial charge in [0.15, 0.2) is 0 Å². The van der Waals surface area contributed by atoms with E-state index in [0.717, 1.165) is 45.2 Å². The summed E-state index contributed by atoms with van der Waals surface area (Å²) in [4.78, 5) is 26.4. The second-order valence-electron chi connectivity index (χ2n) is 8.50. The SMILES string of the molecule is CSCOC12CC(=O)CC3(CC(C)C1)C2CCCN3CCCOC(C)=O. The molecule has 4 unspecified atom stereocenters. The van der Waals surface area contributed by atoms with Crippen LogP contribution in [0, 0.1) is 11.8 Å². The molecule has 148 valence electrons. The van der Waals surface area contributed by atoms with E-state index in [1.165, 1.54) is 6.92 Å². The smallest absolute Gasteiger partial charge is 0.302 e. The molecule has 26 heavy (non-hydrogen) atoms. The minimum Gasteiger partial charge on any atom is -0.466 e. The predicted molar refractivity (Wildman–Crippen MR) is 103 cm³/mol. The summed E-state index contributed by atoms with van der Waals surface area (Å²) in [6.07, 6.45) is 8.56. The van der Waals surface area contributed by atoms with Crippen molar-refractivity contribution in [3.05, 3.63) is 0 Å². The van der Waals surface area contributed by atoms with Crippen molar-refractivity contribution < 1.29 is 19.1 Å². The van der Waals surface area contributed by atoms with Crippen LogP contribution in [0.15, 0.2) is 0 Å². The molecule has 3 aliphatic rings. The summed E-state index contributed by atoms with van der Waals surface area (Å²) >= 11 is 1.70. The standard InChI is InChI=1S/C20H33NO4S/c1-15-10-19-12-17(23)13-20(11-15,25-14-26-3)18(19)6-4-7-21(19)8-5-9-24-16(2)22/h15,18H,4-14H2,1-3H3. The number of rotatable bonds is 7. The fourth-order valence-corrected chi connectivity index (χ4v) is 6.42. The normalized spacial score (nSPS) is 37.3. The Morgan fingerprint density at radius 1 is 1.35 bits per heavy atom. The number of piperidine rings is 1. The van der Waals surface area contributed by atoms with E-state index in [4.69, 9.17) is 9.47 Å². The second-order valence-corrected chi connectivity index (χ2v) is 9.31. The van der Waals surface area contributed by atoms with E-state index in [1.807, 2.05) is 0 Å². The Bertz CT molecular complexity index is 542. The predicted octanol–water partition coefficient (Wildman–Crippen LogP) is 3.26. The first-order valence-corrected chi connectivity index (χ1v) is 11.3. The summed E-state index contributed by atoms with van der Waals surface area (Å²) < 4.78 is 11.6. The zero-order chi connectivity index (χ0) is 18.8. The highest BCUT2D eigenvalue weighted by Crippen LogP contribution is 2.58. The van der Waals surface area contributed by atoms with Crippen molar-refractivity contribution in [3.8, 4) is 0 Å². The zero-order valence-electron chi connectivity index (χ0n) is 16.4. The zero-order valence-corrected chi connectivity index (χ0v) is 17.2. The summed E-state index contributed by atoms with van der Waals surface area (Å²) in [6.45, 7) is 6.16. The lowest BCUT2D eigenvalue weighted by Crippen LogP contribution is -2.71. The van der Waals surface area contributed by atoms with Gasteiger partial charge in [-0.15, -0.1) is 11.8 Å². The van der Waals surface area contributed by atoms with Gasteiger partial charge in [-0.25, -0.2) is 0 Å². The molecule has 6 heteroatoms. The maximum Gasteiger partial charge on any atom is 0.302 e. The van der Waals surface area contributed by atoms with Crippen LogP contribution in [0.3, 0.4) is 0 Å². The van der Waals surface area contributed by atoms with Crippen LogP contribution in [-0.4, -0.2) is 59.7 Å². The molecule has 0 aromatic heterocycles. The highest BCUT2D eigenvalue weighted by molar-refractivity contribution is 7.98. The molecule has 0 aromatic carbocycles. The van der Waals surface area contributed by atoms with Gasteiger partial charge in [0.2, 0.25) is 0 Å². The van der Waals surface area contributed by atoms with Crippen LogP contribution in [-0.2, 0) is 19.1 Å². The molecule has 4 atom stereocenters. The summed E-state index contributed by atoms with van der Waals surface area (Å²) in [6, 6.07) is 0. The monoisotopic (exact) mass is 383 g/mol. The molecule has 1 aliphatic heterocycles. The van der Waals surface area contributed by atoms with E-state index in [0.29, 0.717) is 43.0 Å². The average molecular weight is 384 g/mol. The number of ether oxygens (including phenoxy) is 2. The first kappa shape index (κ1) is 20.2. The van der Waals surface area contributed by atoms with Gasteiger partial charge < -0.3 is 9.47 Å². The summed E-state index contributed by atoms with van der Waals surface area (Å²) in [5, 5.41) is 0. The number of esters is 1. The fraction of sp³-hybridized carbons (Fsp3) is 0.900. The Labute approximate surface area is 161 Å². The van der Waals surface area contributed by atoms with Crippen molar-refractivity contribution in [2.75, 3.05) is 31.9 Å². The van der Waals surface area contributed by atoms with Gasteiger partial charge in [-0.1, -0.05) is 6.92 Å². The van der Waals surface area contributed by atoms with Crippen molar-refractivity contribution in [1.29, 1.82) is 0 Å². The number of nitrogens with zero attached hydrogens (tertiary/aromatic N) is 1. The van der Waals surface area contributed by atoms with Crippen LogP contribution in [0.4, 0.5) is 0 Å². The van der Waals surface area contributed by atoms with E-state index >= 15 is 0 Å². The topological polar surface area (TPSA) is 55.8 Å². The van der Waals surface area contributed by atoms with Crippen molar-refractivity contribution in [1.82, 2.24) is 4.90 Å². The average Bonchev–Trinajstić information content (AvgIpc) is 2.55. The van der Waals surface area contributed by atoms with Gasteiger partial charge in [-0.3, -0.25) is 14.5 Å². The van der Waals surface area contributed by atoms with Crippen molar-refractivity contribution in [2.24, 2.45) is 11.8 Å². The van der Waals surface area contributed by atoms with Crippen LogP contribution < -0.4 is 0 Å². The number of ketones is 1. The number of carbonyl (C=O) groups excluding carboxylic acids is 2.